The molecule has 4 heterocycles. The Kier molecular flexibility index (Phi) is 4.94. The minimum Gasteiger partial charge on any atom is -0.372 e. The molecule has 2 fully saturated rings. The van der Waals surface area contributed by atoms with Gasteiger partial charge in [-0.15, -0.1) is 0 Å². The van der Waals surface area contributed by atoms with Gasteiger partial charge in [0.15, 0.2) is 0 Å². The molecule has 2 aromatic rings. The second-order valence-corrected chi connectivity index (χ2v) is 7.68. The fourth-order valence-electron chi connectivity index (χ4n) is 3.72. The van der Waals surface area contributed by atoms with Gasteiger partial charge in [-0.2, -0.15) is 11.3 Å². The number of nitrogens with zero attached hydrogens (tertiary/aromatic N) is 2. The van der Waals surface area contributed by atoms with Gasteiger partial charge in [-0.1, -0.05) is 6.07 Å². The summed E-state index contributed by atoms with van der Waals surface area (Å²) in [4.78, 5) is 6.68. The third-order valence-corrected chi connectivity index (χ3v) is 5.87. The highest BCUT2D eigenvalue weighted by molar-refractivity contribution is 7.07. The molecule has 2 aromatic heterocycles. The highest BCUT2D eigenvalue weighted by atomic mass is 32.1. The lowest BCUT2D eigenvalue weighted by Crippen LogP contribution is -2.43. The number of hydrogen-bond donors (Lipinski definition) is 0. The van der Waals surface area contributed by atoms with Crippen LogP contribution in [0.2, 0.25) is 0 Å². The van der Waals surface area contributed by atoms with E-state index in [9.17, 15) is 0 Å². The molecule has 0 aromatic carbocycles. The lowest BCUT2D eigenvalue weighted by molar-refractivity contribution is -0.0468. The molecule has 128 valence electrons. The van der Waals surface area contributed by atoms with Crippen LogP contribution < -0.4 is 0 Å². The number of ether oxygens (including phenoxy) is 2. The number of rotatable bonds is 5. The van der Waals surface area contributed by atoms with E-state index in [2.05, 4.69) is 32.8 Å². The van der Waals surface area contributed by atoms with Crippen LogP contribution in [0.25, 0.3) is 0 Å². The lowest BCUT2D eigenvalue weighted by atomic mass is 9.88. The molecular formula is C19H24N2O2S. The molecule has 0 radical (unpaired) electrons. The Hall–Kier alpha value is -1.27. The number of aromatic nitrogens is 1. The lowest BCUT2D eigenvalue weighted by Gasteiger charge is -2.38. The molecule has 2 aliphatic heterocycles. The van der Waals surface area contributed by atoms with Gasteiger partial charge >= 0.3 is 0 Å². The Labute approximate surface area is 147 Å². The molecule has 4 nitrogen and oxygen atoms in total. The average Bonchev–Trinajstić information content (AvgIpc) is 3.27. The van der Waals surface area contributed by atoms with Crippen LogP contribution in [0.3, 0.4) is 0 Å². The first kappa shape index (κ1) is 16.2. The van der Waals surface area contributed by atoms with Crippen LogP contribution in [0.1, 0.15) is 30.4 Å². The van der Waals surface area contributed by atoms with Crippen LogP contribution in [0.15, 0.2) is 41.4 Å². The fraction of sp³-hybridized carbons (Fsp3) is 0.526. The molecule has 24 heavy (non-hydrogen) atoms. The zero-order chi connectivity index (χ0) is 16.2. The van der Waals surface area contributed by atoms with Crippen molar-refractivity contribution < 1.29 is 9.47 Å². The van der Waals surface area contributed by atoms with Gasteiger partial charge in [0.25, 0.3) is 0 Å². The van der Waals surface area contributed by atoms with Crippen molar-refractivity contribution in [1.82, 2.24) is 9.88 Å². The number of likely N-dealkylation sites (tertiary alicyclic amines) is 1. The molecule has 0 saturated carbocycles. The standard InChI is InChI=1S/C19H24N2O2S/c1-2-16(11-20-6-1)13-22-18-10-19(23-14-18)4-7-21(8-5-19)12-17-3-9-24-15-17/h1-3,6,9,11,15,18H,4-5,7-8,10,12-14H2. The summed E-state index contributed by atoms with van der Waals surface area (Å²) in [6, 6.07) is 6.24. The van der Waals surface area contributed by atoms with Crippen molar-refractivity contribution >= 4 is 11.3 Å². The first-order valence-electron chi connectivity index (χ1n) is 8.69. The second kappa shape index (κ2) is 7.31. The summed E-state index contributed by atoms with van der Waals surface area (Å²) in [5.74, 6) is 0. The maximum absolute atomic E-state index is 6.20. The Morgan fingerprint density at radius 2 is 2.21 bits per heavy atom. The maximum atomic E-state index is 6.20. The highest BCUT2D eigenvalue weighted by Crippen LogP contribution is 2.37. The molecule has 5 heteroatoms. The van der Waals surface area contributed by atoms with Crippen molar-refractivity contribution in [3.8, 4) is 0 Å². The Morgan fingerprint density at radius 3 is 2.96 bits per heavy atom. The average molecular weight is 344 g/mol. The highest BCUT2D eigenvalue weighted by Gasteiger charge is 2.43. The monoisotopic (exact) mass is 344 g/mol. The van der Waals surface area contributed by atoms with Crippen molar-refractivity contribution in [3.05, 3.63) is 52.5 Å². The summed E-state index contributed by atoms with van der Waals surface area (Å²) in [5.41, 5.74) is 2.61. The smallest absolute Gasteiger partial charge is 0.0840 e. The Morgan fingerprint density at radius 1 is 1.29 bits per heavy atom. The molecule has 1 atom stereocenters. The summed E-state index contributed by atoms with van der Waals surface area (Å²) in [6.45, 7) is 4.66. The van der Waals surface area contributed by atoms with Gasteiger partial charge < -0.3 is 9.47 Å². The van der Waals surface area contributed by atoms with Gasteiger partial charge in [0.2, 0.25) is 0 Å². The van der Waals surface area contributed by atoms with Crippen LogP contribution in [0.4, 0.5) is 0 Å². The summed E-state index contributed by atoms with van der Waals surface area (Å²) in [5, 5.41) is 4.41. The van der Waals surface area contributed by atoms with Crippen molar-refractivity contribution in [2.75, 3.05) is 19.7 Å². The zero-order valence-electron chi connectivity index (χ0n) is 13.9. The molecule has 2 saturated heterocycles. The Balaban J connectivity index is 1.24. The molecule has 0 aliphatic carbocycles. The maximum Gasteiger partial charge on any atom is 0.0840 e. The van der Waals surface area contributed by atoms with E-state index < -0.39 is 0 Å². The molecule has 1 spiro atoms. The predicted molar refractivity (Wildman–Crippen MR) is 94.9 cm³/mol. The van der Waals surface area contributed by atoms with Crippen LogP contribution in [-0.4, -0.2) is 41.3 Å². The van der Waals surface area contributed by atoms with Gasteiger partial charge in [-0.05, 0) is 46.9 Å². The van der Waals surface area contributed by atoms with E-state index in [1.807, 2.05) is 12.3 Å². The molecule has 0 bridgehead atoms. The summed E-state index contributed by atoms with van der Waals surface area (Å²) >= 11 is 1.78. The topological polar surface area (TPSA) is 34.6 Å². The normalized spacial score (nSPS) is 23.8. The quantitative estimate of drug-likeness (QED) is 0.832. The molecule has 2 aliphatic rings. The van der Waals surface area contributed by atoms with E-state index in [-0.39, 0.29) is 11.7 Å². The van der Waals surface area contributed by atoms with Crippen LogP contribution >= 0.6 is 11.3 Å². The predicted octanol–water partition coefficient (Wildman–Crippen LogP) is 3.48. The van der Waals surface area contributed by atoms with Gasteiger partial charge in [0.05, 0.1) is 24.9 Å². The van der Waals surface area contributed by atoms with Crippen LogP contribution in [-0.2, 0) is 22.6 Å². The van der Waals surface area contributed by atoms with Gasteiger partial charge in [0, 0.05) is 38.4 Å². The molecular weight excluding hydrogens is 320 g/mol. The third kappa shape index (κ3) is 3.86. The van der Waals surface area contributed by atoms with E-state index in [0.717, 1.165) is 51.1 Å². The summed E-state index contributed by atoms with van der Waals surface area (Å²) < 4.78 is 12.3. The van der Waals surface area contributed by atoms with E-state index >= 15 is 0 Å². The summed E-state index contributed by atoms with van der Waals surface area (Å²) in [7, 11) is 0. The molecule has 1 unspecified atom stereocenters. The van der Waals surface area contributed by atoms with Gasteiger partial charge in [-0.3, -0.25) is 9.88 Å². The first-order chi connectivity index (χ1) is 11.8. The zero-order valence-corrected chi connectivity index (χ0v) is 14.7. The largest absolute Gasteiger partial charge is 0.372 e. The van der Waals surface area contributed by atoms with E-state index in [0.29, 0.717) is 6.61 Å². The van der Waals surface area contributed by atoms with E-state index in [1.165, 1.54) is 5.56 Å². The third-order valence-electron chi connectivity index (χ3n) is 5.14. The van der Waals surface area contributed by atoms with Crippen molar-refractivity contribution in [1.29, 1.82) is 0 Å². The first-order valence-corrected chi connectivity index (χ1v) is 9.64. The second-order valence-electron chi connectivity index (χ2n) is 6.90. The minimum atomic E-state index is 0.0464. The molecule has 0 N–H and O–H groups in total. The van der Waals surface area contributed by atoms with Crippen LogP contribution in [0.5, 0.6) is 0 Å². The Bertz CT molecular complexity index is 624. The number of hydrogen-bond acceptors (Lipinski definition) is 5. The fourth-order valence-corrected chi connectivity index (χ4v) is 4.37. The SMILES string of the molecule is c1cncc(COC2COC3(CCN(Cc4ccsc4)CC3)C2)c1. The van der Waals surface area contributed by atoms with Crippen molar-refractivity contribution in [2.24, 2.45) is 0 Å². The van der Waals surface area contributed by atoms with Crippen LogP contribution in [0, 0.1) is 0 Å². The van der Waals surface area contributed by atoms with Gasteiger partial charge in [0.1, 0.15) is 0 Å². The summed E-state index contributed by atoms with van der Waals surface area (Å²) in [6.07, 6.45) is 7.14. The number of thiophene rings is 1. The minimum absolute atomic E-state index is 0.0464. The number of piperidine rings is 1. The van der Waals surface area contributed by atoms with E-state index in [4.69, 9.17) is 9.47 Å². The number of pyridine rings is 1. The van der Waals surface area contributed by atoms with Gasteiger partial charge in [-0.25, -0.2) is 0 Å². The molecule has 0 amide bonds. The van der Waals surface area contributed by atoms with E-state index in [1.54, 1.807) is 17.5 Å². The van der Waals surface area contributed by atoms with Crippen molar-refractivity contribution in [2.45, 2.75) is 44.1 Å². The molecule has 4 rings (SSSR count). The van der Waals surface area contributed by atoms with Crippen molar-refractivity contribution in [3.63, 3.8) is 0 Å².